The van der Waals surface area contributed by atoms with Crippen molar-refractivity contribution in [1.82, 2.24) is 0 Å². The summed E-state index contributed by atoms with van der Waals surface area (Å²) in [7, 11) is 3.00. The zero-order valence-electron chi connectivity index (χ0n) is 9.14. The standard InChI is InChI=1S/C7H7.3CH4O.Cd/c1-7-5-3-2-4-6-7;3*1-2;/h2-6H,1H2;3*2H,1H3;/q-1;;;;. The molecule has 4 heteroatoms. The molecule has 0 heterocycles. The maximum absolute atomic E-state index is 7.00. The van der Waals surface area contributed by atoms with Gasteiger partial charge in [-0.15, -0.1) is 12.1 Å². The van der Waals surface area contributed by atoms with Crippen molar-refractivity contribution in [1.29, 1.82) is 0 Å². The molecule has 0 bridgehead atoms. The van der Waals surface area contributed by atoms with E-state index in [0.29, 0.717) is 0 Å². The molecule has 0 saturated carbocycles. The quantitative estimate of drug-likeness (QED) is 0.488. The van der Waals surface area contributed by atoms with Crippen molar-refractivity contribution in [3.8, 4) is 0 Å². The summed E-state index contributed by atoms with van der Waals surface area (Å²) in [5, 5.41) is 21.0. The van der Waals surface area contributed by atoms with E-state index in [-0.39, 0.29) is 27.3 Å². The largest absolute Gasteiger partial charge is 0.400 e. The predicted octanol–water partition coefficient (Wildman–Crippen LogP) is 0.692. The maximum atomic E-state index is 7.00. The van der Waals surface area contributed by atoms with Crippen LogP contribution in [-0.2, 0) is 27.3 Å². The maximum Gasteiger partial charge on any atom is 0.0319 e. The van der Waals surface area contributed by atoms with Crippen LogP contribution >= 0.6 is 0 Å². The van der Waals surface area contributed by atoms with Gasteiger partial charge in [-0.25, -0.2) is 0 Å². The summed E-state index contributed by atoms with van der Waals surface area (Å²) >= 11 is 0. The van der Waals surface area contributed by atoms with Crippen molar-refractivity contribution in [3.05, 3.63) is 42.8 Å². The van der Waals surface area contributed by atoms with E-state index in [1.54, 1.807) is 0 Å². The molecule has 1 aromatic carbocycles. The van der Waals surface area contributed by atoms with Crippen molar-refractivity contribution in [2.24, 2.45) is 0 Å². The van der Waals surface area contributed by atoms with Crippen LogP contribution in [-0.4, -0.2) is 36.6 Å². The van der Waals surface area contributed by atoms with Gasteiger partial charge in [0.15, 0.2) is 0 Å². The minimum Gasteiger partial charge on any atom is -0.400 e. The third kappa shape index (κ3) is 22.7. The first-order valence-electron chi connectivity index (χ1n) is 3.61. The summed E-state index contributed by atoms with van der Waals surface area (Å²) in [6, 6.07) is 9.87. The van der Waals surface area contributed by atoms with E-state index in [1.807, 2.05) is 30.3 Å². The summed E-state index contributed by atoms with van der Waals surface area (Å²) < 4.78 is 0. The Balaban J connectivity index is -0.0000000625. The van der Waals surface area contributed by atoms with Gasteiger partial charge in [0.05, 0.1) is 0 Å². The molecule has 0 aliphatic rings. The van der Waals surface area contributed by atoms with Gasteiger partial charge >= 0.3 is 0 Å². The molecule has 0 aliphatic heterocycles. The van der Waals surface area contributed by atoms with Crippen LogP contribution in [0.4, 0.5) is 0 Å². The molecule has 3 nitrogen and oxygen atoms in total. The van der Waals surface area contributed by atoms with E-state index in [1.165, 1.54) is 0 Å². The third-order valence-electron chi connectivity index (χ3n) is 0.843. The number of aliphatic hydroxyl groups is 3. The van der Waals surface area contributed by atoms with Crippen LogP contribution in [0.1, 0.15) is 5.56 Å². The van der Waals surface area contributed by atoms with E-state index < -0.39 is 0 Å². The average Bonchev–Trinajstić information content (AvgIpc) is 2.28. The summed E-state index contributed by atoms with van der Waals surface area (Å²) in [6.45, 7) is 3.72. The fraction of sp³-hybridized carbons (Fsp3) is 0.300. The fourth-order valence-corrected chi connectivity index (χ4v) is 0.478. The summed E-state index contributed by atoms with van der Waals surface area (Å²) in [4.78, 5) is 0. The number of hydrogen-bond acceptors (Lipinski definition) is 3. The fourth-order valence-electron chi connectivity index (χ4n) is 0.478. The first-order valence-corrected chi connectivity index (χ1v) is 3.61. The molecule has 0 unspecified atom stereocenters. The van der Waals surface area contributed by atoms with Crippen LogP contribution in [0.5, 0.6) is 0 Å². The first-order chi connectivity index (χ1) is 6.39. The van der Waals surface area contributed by atoms with Crippen molar-refractivity contribution < 1.29 is 42.6 Å². The van der Waals surface area contributed by atoms with Crippen molar-refractivity contribution in [2.45, 2.75) is 0 Å². The smallest absolute Gasteiger partial charge is 0.0319 e. The Kier molecular flexibility index (Phi) is 49.3. The Morgan fingerprint density at radius 3 is 1.21 bits per heavy atom. The molecule has 0 radical (unpaired) electrons. The first kappa shape index (κ1) is 23.6. The Labute approximate surface area is 107 Å². The van der Waals surface area contributed by atoms with Gasteiger partial charge in [0.1, 0.15) is 0 Å². The summed E-state index contributed by atoms with van der Waals surface area (Å²) in [6.07, 6.45) is 0. The second kappa shape index (κ2) is 29.3. The molecule has 14 heavy (non-hydrogen) atoms. The van der Waals surface area contributed by atoms with Gasteiger partial charge in [-0.1, -0.05) is 6.07 Å². The molecule has 1 rings (SSSR count). The second-order valence-corrected chi connectivity index (χ2v) is 1.49. The SMILES string of the molecule is CO.CO.CO.[CH2-]c1ccccc1.[Cd]. The molecule has 0 saturated heterocycles. The molecule has 80 valence electrons. The average molecular weight is 300 g/mol. The Morgan fingerprint density at radius 2 is 1.07 bits per heavy atom. The molecular weight excluding hydrogens is 281 g/mol. The van der Waals surface area contributed by atoms with E-state index >= 15 is 0 Å². The Hall–Kier alpha value is -0.108. The Bertz CT molecular complexity index is 145. The van der Waals surface area contributed by atoms with E-state index in [2.05, 4.69) is 6.92 Å². The second-order valence-electron chi connectivity index (χ2n) is 1.49. The number of rotatable bonds is 0. The van der Waals surface area contributed by atoms with Crippen molar-refractivity contribution in [2.75, 3.05) is 21.3 Å². The third-order valence-corrected chi connectivity index (χ3v) is 0.843. The molecule has 1 aromatic rings. The molecule has 0 atom stereocenters. The summed E-state index contributed by atoms with van der Waals surface area (Å²) in [5.41, 5.74) is 1.07. The van der Waals surface area contributed by atoms with Crippen LogP contribution in [0.15, 0.2) is 30.3 Å². The molecule has 0 amide bonds. The van der Waals surface area contributed by atoms with E-state index in [0.717, 1.165) is 26.9 Å². The summed E-state index contributed by atoms with van der Waals surface area (Å²) in [5.74, 6) is 0. The van der Waals surface area contributed by atoms with Gasteiger partial charge in [-0.2, -0.15) is 24.6 Å². The van der Waals surface area contributed by atoms with Crippen molar-refractivity contribution >= 4 is 0 Å². The zero-order valence-corrected chi connectivity index (χ0v) is 13.2. The van der Waals surface area contributed by atoms with Crippen LogP contribution in [0.3, 0.4) is 0 Å². The molecule has 0 fully saturated rings. The van der Waals surface area contributed by atoms with Gasteiger partial charge in [-0.05, 0) is 0 Å². The van der Waals surface area contributed by atoms with E-state index in [9.17, 15) is 0 Å². The molecule has 0 spiro atoms. The topological polar surface area (TPSA) is 60.7 Å². The van der Waals surface area contributed by atoms with Crippen LogP contribution in [0.2, 0.25) is 0 Å². The van der Waals surface area contributed by atoms with E-state index in [4.69, 9.17) is 15.3 Å². The van der Waals surface area contributed by atoms with Gasteiger partial charge in [-0.3, -0.25) is 0 Å². The number of hydrogen-bond donors (Lipinski definition) is 3. The van der Waals surface area contributed by atoms with Gasteiger partial charge in [0.2, 0.25) is 0 Å². The minimum absolute atomic E-state index is 0. The number of benzene rings is 1. The van der Waals surface area contributed by atoms with Crippen LogP contribution < -0.4 is 0 Å². The minimum atomic E-state index is 0. The van der Waals surface area contributed by atoms with Gasteiger partial charge in [0, 0.05) is 48.6 Å². The van der Waals surface area contributed by atoms with Crippen molar-refractivity contribution in [3.63, 3.8) is 0 Å². The Morgan fingerprint density at radius 1 is 0.786 bits per heavy atom. The van der Waals surface area contributed by atoms with Crippen LogP contribution in [0.25, 0.3) is 0 Å². The zero-order chi connectivity index (χ0) is 11.1. The predicted molar refractivity (Wildman–Crippen MR) is 55.3 cm³/mol. The van der Waals surface area contributed by atoms with Crippen LogP contribution in [0, 0.1) is 6.92 Å². The molecule has 0 aromatic heterocycles. The van der Waals surface area contributed by atoms with Gasteiger partial charge < -0.3 is 15.3 Å². The number of aliphatic hydroxyl groups excluding tert-OH is 3. The normalized spacial score (nSPS) is 5.57. The van der Waals surface area contributed by atoms with Gasteiger partial charge in [0.25, 0.3) is 0 Å². The molecule has 0 aliphatic carbocycles. The molecular formula is C10H19CdO3-. The molecule has 3 N–H and O–H groups in total. The monoisotopic (exact) mass is 301 g/mol.